The summed E-state index contributed by atoms with van der Waals surface area (Å²) < 4.78 is 15.5. The molecule has 108 valence electrons. The quantitative estimate of drug-likeness (QED) is 0.755. The Bertz CT molecular complexity index is 821. The van der Waals surface area contributed by atoms with Crippen molar-refractivity contribution in [2.75, 3.05) is 0 Å². The molecule has 0 radical (unpaired) electrons. The lowest BCUT2D eigenvalue weighted by Crippen LogP contribution is -2.03. The Morgan fingerprint density at radius 2 is 1.90 bits per heavy atom. The molecule has 21 heavy (non-hydrogen) atoms. The van der Waals surface area contributed by atoms with E-state index in [1.807, 2.05) is 37.5 Å². The number of hydrogen-bond acceptors (Lipinski definition) is 2. The minimum absolute atomic E-state index is 0.104. The van der Waals surface area contributed by atoms with Crippen LogP contribution in [0.1, 0.15) is 25.5 Å². The average molecular weight is 284 g/mol. The van der Waals surface area contributed by atoms with Crippen LogP contribution in [0.15, 0.2) is 36.4 Å². The van der Waals surface area contributed by atoms with E-state index in [1.165, 1.54) is 12.1 Å². The third kappa shape index (κ3) is 2.27. The van der Waals surface area contributed by atoms with Gasteiger partial charge in [0.15, 0.2) is 0 Å². The van der Waals surface area contributed by atoms with Crippen molar-refractivity contribution in [3.63, 3.8) is 0 Å². The number of phenols is 1. The lowest BCUT2D eigenvalue weighted by atomic mass is 10.1. The first kappa shape index (κ1) is 13.6. The normalized spacial score (nSPS) is 11.5. The largest absolute Gasteiger partial charge is 0.507 e. The van der Waals surface area contributed by atoms with Crippen LogP contribution in [-0.2, 0) is 0 Å². The Hall–Kier alpha value is -2.36. The zero-order valence-electron chi connectivity index (χ0n) is 12.3. The van der Waals surface area contributed by atoms with E-state index < -0.39 is 0 Å². The zero-order valence-corrected chi connectivity index (χ0v) is 12.3. The third-order valence-electron chi connectivity index (χ3n) is 3.56. The van der Waals surface area contributed by atoms with Crippen LogP contribution >= 0.6 is 0 Å². The van der Waals surface area contributed by atoms with E-state index in [9.17, 15) is 9.50 Å². The molecule has 0 aliphatic rings. The Balaban J connectivity index is 2.34. The van der Waals surface area contributed by atoms with E-state index in [0.29, 0.717) is 11.4 Å². The summed E-state index contributed by atoms with van der Waals surface area (Å²) in [5.41, 5.74) is 3.10. The Labute approximate surface area is 122 Å². The van der Waals surface area contributed by atoms with E-state index in [2.05, 4.69) is 4.98 Å². The highest BCUT2D eigenvalue weighted by atomic mass is 19.1. The minimum Gasteiger partial charge on any atom is -0.507 e. The van der Waals surface area contributed by atoms with E-state index in [4.69, 9.17) is 0 Å². The summed E-state index contributed by atoms with van der Waals surface area (Å²) >= 11 is 0. The topological polar surface area (TPSA) is 38.0 Å². The van der Waals surface area contributed by atoms with E-state index in [0.717, 1.165) is 16.6 Å². The highest BCUT2D eigenvalue weighted by Gasteiger charge is 2.17. The number of phenolic OH excluding ortho intramolecular Hbond substituents is 1. The van der Waals surface area contributed by atoms with Crippen LogP contribution in [0, 0.1) is 12.7 Å². The van der Waals surface area contributed by atoms with Crippen molar-refractivity contribution < 1.29 is 9.50 Å². The van der Waals surface area contributed by atoms with Gasteiger partial charge in [-0.2, -0.15) is 0 Å². The number of aromatic hydroxyl groups is 1. The van der Waals surface area contributed by atoms with Crippen molar-refractivity contribution in [2.45, 2.75) is 26.8 Å². The van der Waals surface area contributed by atoms with Crippen molar-refractivity contribution in [3.8, 4) is 17.1 Å². The fourth-order valence-corrected chi connectivity index (χ4v) is 2.61. The first-order valence-corrected chi connectivity index (χ1v) is 6.95. The summed E-state index contributed by atoms with van der Waals surface area (Å²) in [5.74, 6) is 0.555. The van der Waals surface area contributed by atoms with Gasteiger partial charge in [0.1, 0.15) is 17.4 Å². The van der Waals surface area contributed by atoms with Crippen LogP contribution in [0.25, 0.3) is 22.4 Å². The highest BCUT2D eigenvalue weighted by Crippen LogP contribution is 2.34. The van der Waals surface area contributed by atoms with Crippen LogP contribution < -0.4 is 0 Å². The maximum atomic E-state index is 13.5. The Morgan fingerprint density at radius 1 is 1.14 bits per heavy atom. The van der Waals surface area contributed by atoms with Gasteiger partial charge in [-0.3, -0.25) is 0 Å². The van der Waals surface area contributed by atoms with Crippen LogP contribution in [0.5, 0.6) is 5.75 Å². The first-order valence-electron chi connectivity index (χ1n) is 6.95. The van der Waals surface area contributed by atoms with Gasteiger partial charge in [-0.15, -0.1) is 0 Å². The maximum Gasteiger partial charge on any atom is 0.145 e. The number of fused-ring (bicyclic) bond motifs is 1. The molecule has 0 unspecified atom stereocenters. The zero-order chi connectivity index (χ0) is 15.1. The number of hydrogen-bond donors (Lipinski definition) is 1. The van der Waals surface area contributed by atoms with Gasteiger partial charge in [0.05, 0.1) is 16.6 Å². The number of imidazole rings is 1. The number of halogens is 1. The number of benzene rings is 2. The highest BCUT2D eigenvalue weighted by molar-refractivity contribution is 5.82. The molecule has 1 N–H and O–H groups in total. The van der Waals surface area contributed by atoms with E-state index >= 15 is 0 Å². The number of aromatic nitrogens is 2. The van der Waals surface area contributed by atoms with Crippen LogP contribution in [0.2, 0.25) is 0 Å². The Morgan fingerprint density at radius 3 is 2.57 bits per heavy atom. The predicted molar refractivity (Wildman–Crippen MR) is 81.9 cm³/mol. The molecule has 0 bridgehead atoms. The summed E-state index contributed by atoms with van der Waals surface area (Å²) in [7, 11) is 0. The SMILES string of the molecule is Cc1ccc(-c2nc3ccc(F)cc3n2C(C)C)c(O)c1. The number of rotatable bonds is 2. The Kier molecular flexibility index (Phi) is 3.16. The molecule has 0 fully saturated rings. The van der Waals surface area contributed by atoms with Gasteiger partial charge in [-0.1, -0.05) is 6.07 Å². The molecule has 0 aliphatic carbocycles. The van der Waals surface area contributed by atoms with E-state index in [-0.39, 0.29) is 17.6 Å². The molecule has 0 saturated heterocycles. The van der Waals surface area contributed by atoms with Gasteiger partial charge in [0, 0.05) is 6.04 Å². The molecular formula is C17H17FN2O. The van der Waals surface area contributed by atoms with Gasteiger partial charge in [-0.05, 0) is 56.7 Å². The van der Waals surface area contributed by atoms with Crippen LogP contribution in [0.4, 0.5) is 4.39 Å². The second-order valence-electron chi connectivity index (χ2n) is 5.55. The molecule has 3 nitrogen and oxygen atoms in total. The second kappa shape index (κ2) is 4.88. The van der Waals surface area contributed by atoms with Gasteiger partial charge >= 0.3 is 0 Å². The predicted octanol–water partition coefficient (Wildman–Crippen LogP) is 4.44. The van der Waals surface area contributed by atoms with Crippen molar-refractivity contribution in [1.82, 2.24) is 9.55 Å². The molecule has 0 saturated carbocycles. The van der Waals surface area contributed by atoms with Crippen molar-refractivity contribution in [2.24, 2.45) is 0 Å². The lowest BCUT2D eigenvalue weighted by molar-refractivity contribution is 0.475. The second-order valence-corrected chi connectivity index (χ2v) is 5.55. The fourth-order valence-electron chi connectivity index (χ4n) is 2.61. The average Bonchev–Trinajstić information content (AvgIpc) is 2.76. The van der Waals surface area contributed by atoms with Gasteiger partial charge in [0.2, 0.25) is 0 Å². The molecule has 0 amide bonds. The molecule has 0 spiro atoms. The van der Waals surface area contributed by atoms with Gasteiger partial charge in [0.25, 0.3) is 0 Å². The van der Waals surface area contributed by atoms with Crippen LogP contribution in [0.3, 0.4) is 0 Å². The summed E-state index contributed by atoms with van der Waals surface area (Å²) in [6.45, 7) is 5.95. The monoisotopic (exact) mass is 284 g/mol. The summed E-state index contributed by atoms with van der Waals surface area (Å²) in [4.78, 5) is 4.57. The summed E-state index contributed by atoms with van der Waals surface area (Å²) in [5, 5.41) is 10.2. The molecule has 0 aliphatic heterocycles. The van der Waals surface area contributed by atoms with Crippen LogP contribution in [-0.4, -0.2) is 14.7 Å². The molecule has 3 aromatic rings. The molecule has 1 aromatic heterocycles. The minimum atomic E-state index is -0.288. The molecule has 4 heteroatoms. The molecule has 0 atom stereocenters. The molecule has 2 aromatic carbocycles. The van der Waals surface area contributed by atoms with Crippen molar-refractivity contribution in [3.05, 3.63) is 47.8 Å². The number of nitrogens with zero attached hydrogens (tertiary/aromatic N) is 2. The third-order valence-corrected chi connectivity index (χ3v) is 3.56. The lowest BCUT2D eigenvalue weighted by Gasteiger charge is -2.14. The maximum absolute atomic E-state index is 13.5. The first-order chi connectivity index (χ1) is 9.97. The standard InChI is InChI=1S/C17H17FN2O/c1-10(2)20-15-9-12(18)5-7-14(15)19-17(20)13-6-4-11(3)8-16(13)21/h4-10,21H,1-3H3. The van der Waals surface area contributed by atoms with Gasteiger partial charge in [-0.25, -0.2) is 9.37 Å². The fraction of sp³-hybridized carbons (Fsp3) is 0.235. The smallest absolute Gasteiger partial charge is 0.145 e. The summed E-state index contributed by atoms with van der Waals surface area (Å²) in [6.07, 6.45) is 0. The van der Waals surface area contributed by atoms with Gasteiger partial charge < -0.3 is 9.67 Å². The van der Waals surface area contributed by atoms with Crippen molar-refractivity contribution >= 4 is 11.0 Å². The molecular weight excluding hydrogens is 267 g/mol. The summed E-state index contributed by atoms with van der Waals surface area (Å²) in [6, 6.07) is 10.1. The van der Waals surface area contributed by atoms with Crippen molar-refractivity contribution in [1.29, 1.82) is 0 Å². The molecule has 3 rings (SSSR count). The number of aryl methyl sites for hydroxylation is 1. The molecule has 1 heterocycles. The van der Waals surface area contributed by atoms with E-state index in [1.54, 1.807) is 12.1 Å².